The number of carbonyl (C=O) groups is 1. The largest absolute Gasteiger partial charge is 0.425 e. The fourth-order valence-electron chi connectivity index (χ4n) is 1.22. The Balaban J connectivity index is 3.72. The van der Waals surface area contributed by atoms with E-state index in [1.807, 2.05) is 0 Å². The summed E-state index contributed by atoms with van der Waals surface area (Å²) in [6, 6.07) is 0.196. The van der Waals surface area contributed by atoms with E-state index in [4.69, 9.17) is 0 Å². The van der Waals surface area contributed by atoms with E-state index in [0.717, 1.165) is 0 Å². The van der Waals surface area contributed by atoms with Crippen LogP contribution in [0.5, 0.6) is 0 Å². The van der Waals surface area contributed by atoms with Crippen LogP contribution in [0.15, 0.2) is 6.07 Å². The highest BCUT2D eigenvalue weighted by atomic mass is 19.4. The van der Waals surface area contributed by atoms with E-state index < -0.39 is 40.2 Å². The van der Waals surface area contributed by atoms with E-state index in [0.29, 0.717) is 0 Å². The van der Waals surface area contributed by atoms with E-state index in [-0.39, 0.29) is 12.4 Å². The van der Waals surface area contributed by atoms with Crippen molar-refractivity contribution in [2.24, 2.45) is 0 Å². The Morgan fingerprint density at radius 2 is 1.94 bits per heavy atom. The number of nitrogens with zero attached hydrogens (tertiary/aromatic N) is 2. The summed E-state index contributed by atoms with van der Waals surface area (Å²) in [6.45, 7) is 0. The third kappa shape index (κ3) is 2.57. The summed E-state index contributed by atoms with van der Waals surface area (Å²) >= 11 is 0. The molecule has 0 bridgehead atoms. The van der Waals surface area contributed by atoms with Crippen LogP contribution in [0.2, 0.25) is 0 Å². The van der Waals surface area contributed by atoms with Crippen molar-refractivity contribution in [3.8, 4) is 0 Å². The average Bonchev–Trinajstić information content (AvgIpc) is 2.25. The molecule has 18 heavy (non-hydrogen) atoms. The molecule has 0 amide bonds. The van der Waals surface area contributed by atoms with Gasteiger partial charge in [0.05, 0.1) is 4.92 Å². The molecular weight excluding hydrogens is 267 g/mol. The minimum absolute atomic E-state index is 0.154. The van der Waals surface area contributed by atoms with E-state index in [1.54, 1.807) is 0 Å². The maximum Gasteiger partial charge on any atom is 0.425 e. The van der Waals surface area contributed by atoms with Gasteiger partial charge in [-0.15, -0.1) is 0 Å². The molecule has 0 aliphatic heterocycles. The number of rotatable bonds is 3. The average molecular weight is 270 g/mol. The molecule has 1 aromatic heterocycles. The first kappa shape index (κ1) is 13.9. The molecule has 0 aromatic carbocycles. The smallest absolute Gasteiger partial charge is 0.296 e. The third-order valence-corrected chi connectivity index (χ3v) is 1.85. The lowest BCUT2D eigenvalue weighted by Crippen LogP contribution is -2.15. The van der Waals surface area contributed by atoms with Crippen molar-refractivity contribution >= 4 is 12.0 Å². The lowest BCUT2D eigenvalue weighted by Gasteiger charge is -2.12. The van der Waals surface area contributed by atoms with Gasteiger partial charge in [-0.3, -0.25) is 14.9 Å². The van der Waals surface area contributed by atoms with E-state index >= 15 is 0 Å². The topological polar surface area (TPSA) is 73.1 Å². The second-order valence-electron chi connectivity index (χ2n) is 3.00. The van der Waals surface area contributed by atoms with E-state index in [9.17, 15) is 36.9 Å². The standard InChI is InChI=1S/C8H3F5N2O3/c9-7(10)6-5(8(11,12)13)4(15(17)18)1-3(2-16)14-6/h1-2,7H. The summed E-state index contributed by atoms with van der Waals surface area (Å²) in [5, 5.41) is 10.4. The number of aromatic nitrogens is 1. The molecule has 0 aliphatic rings. The maximum absolute atomic E-state index is 12.5. The molecule has 0 N–H and O–H groups in total. The Labute approximate surface area is 95.4 Å². The molecule has 0 spiro atoms. The Bertz CT molecular complexity index is 500. The summed E-state index contributed by atoms with van der Waals surface area (Å²) in [5.74, 6) is 0. The SMILES string of the molecule is O=Cc1cc([N+](=O)[O-])c(C(F)(F)F)c(C(F)F)n1. The van der Waals surface area contributed by atoms with Gasteiger partial charge in [0.25, 0.3) is 12.1 Å². The predicted molar refractivity (Wildman–Crippen MR) is 46.2 cm³/mol. The molecule has 0 fully saturated rings. The first-order valence-corrected chi connectivity index (χ1v) is 4.18. The predicted octanol–water partition coefficient (Wildman–Crippen LogP) is 2.76. The van der Waals surface area contributed by atoms with Crippen LogP contribution in [0, 0.1) is 10.1 Å². The number of hydrogen-bond donors (Lipinski definition) is 0. The van der Waals surface area contributed by atoms with Crippen molar-refractivity contribution in [3.05, 3.63) is 33.1 Å². The Morgan fingerprint density at radius 1 is 1.39 bits per heavy atom. The molecule has 1 aromatic rings. The molecule has 0 atom stereocenters. The highest BCUT2D eigenvalue weighted by Gasteiger charge is 2.44. The first-order chi connectivity index (χ1) is 8.18. The van der Waals surface area contributed by atoms with Gasteiger partial charge in [-0.25, -0.2) is 13.8 Å². The van der Waals surface area contributed by atoms with Crippen molar-refractivity contribution in [1.82, 2.24) is 4.98 Å². The summed E-state index contributed by atoms with van der Waals surface area (Å²) in [5.41, 5.74) is -6.48. The molecule has 0 aliphatic carbocycles. The number of pyridine rings is 1. The van der Waals surface area contributed by atoms with Gasteiger partial charge in [0.1, 0.15) is 11.4 Å². The van der Waals surface area contributed by atoms with Gasteiger partial charge >= 0.3 is 6.18 Å². The zero-order chi connectivity index (χ0) is 14.1. The third-order valence-electron chi connectivity index (χ3n) is 1.85. The van der Waals surface area contributed by atoms with Crippen LogP contribution in [0.1, 0.15) is 28.2 Å². The molecular formula is C8H3F5N2O3. The minimum Gasteiger partial charge on any atom is -0.296 e. The van der Waals surface area contributed by atoms with Crippen molar-refractivity contribution in [1.29, 1.82) is 0 Å². The van der Waals surface area contributed by atoms with Crippen LogP contribution in [0.4, 0.5) is 27.6 Å². The molecule has 1 heterocycles. The first-order valence-electron chi connectivity index (χ1n) is 4.18. The zero-order valence-corrected chi connectivity index (χ0v) is 8.24. The molecule has 0 radical (unpaired) electrons. The molecule has 10 heteroatoms. The molecule has 5 nitrogen and oxygen atoms in total. The van der Waals surface area contributed by atoms with Crippen molar-refractivity contribution < 1.29 is 31.7 Å². The Kier molecular flexibility index (Phi) is 3.58. The van der Waals surface area contributed by atoms with Gasteiger partial charge in [0, 0.05) is 6.07 Å². The van der Waals surface area contributed by atoms with Gasteiger partial charge in [-0.05, 0) is 0 Å². The van der Waals surface area contributed by atoms with Crippen LogP contribution >= 0.6 is 0 Å². The van der Waals surface area contributed by atoms with Crippen molar-refractivity contribution in [2.75, 3.05) is 0 Å². The lowest BCUT2D eigenvalue weighted by atomic mass is 10.1. The number of carbonyl (C=O) groups excluding carboxylic acids is 1. The number of nitro groups is 1. The summed E-state index contributed by atoms with van der Waals surface area (Å²) in [6.07, 6.45) is -9.22. The molecule has 0 unspecified atom stereocenters. The Morgan fingerprint density at radius 3 is 2.28 bits per heavy atom. The second kappa shape index (κ2) is 4.63. The Hall–Kier alpha value is -2.13. The van der Waals surface area contributed by atoms with E-state index in [1.165, 1.54) is 0 Å². The van der Waals surface area contributed by atoms with Gasteiger partial charge in [0.2, 0.25) is 0 Å². The van der Waals surface area contributed by atoms with Crippen molar-refractivity contribution in [2.45, 2.75) is 12.6 Å². The fraction of sp³-hybridized carbons (Fsp3) is 0.250. The molecule has 0 saturated heterocycles. The van der Waals surface area contributed by atoms with Crippen molar-refractivity contribution in [3.63, 3.8) is 0 Å². The molecule has 98 valence electrons. The zero-order valence-electron chi connectivity index (χ0n) is 8.24. The lowest BCUT2D eigenvalue weighted by molar-refractivity contribution is -0.388. The minimum atomic E-state index is -5.37. The van der Waals surface area contributed by atoms with Gasteiger partial charge in [-0.2, -0.15) is 13.2 Å². The van der Waals surface area contributed by atoms with Crippen LogP contribution < -0.4 is 0 Å². The highest BCUT2D eigenvalue weighted by molar-refractivity contribution is 5.74. The number of aldehydes is 1. The monoisotopic (exact) mass is 270 g/mol. The molecule has 1 rings (SSSR count). The van der Waals surface area contributed by atoms with Gasteiger partial charge in [-0.1, -0.05) is 0 Å². The number of halogens is 5. The highest BCUT2D eigenvalue weighted by Crippen LogP contribution is 2.41. The normalized spacial score (nSPS) is 11.7. The number of alkyl halides is 5. The second-order valence-corrected chi connectivity index (χ2v) is 3.00. The quantitative estimate of drug-likeness (QED) is 0.366. The number of hydrogen-bond acceptors (Lipinski definition) is 4. The fourth-order valence-corrected chi connectivity index (χ4v) is 1.22. The summed E-state index contributed by atoms with van der Waals surface area (Å²) in [7, 11) is 0. The van der Waals surface area contributed by atoms with Crippen LogP contribution in [-0.4, -0.2) is 16.2 Å². The van der Waals surface area contributed by atoms with Gasteiger partial charge in [0.15, 0.2) is 11.8 Å². The van der Waals surface area contributed by atoms with Crippen LogP contribution in [0.3, 0.4) is 0 Å². The van der Waals surface area contributed by atoms with Crippen LogP contribution in [0.25, 0.3) is 0 Å². The van der Waals surface area contributed by atoms with E-state index in [2.05, 4.69) is 4.98 Å². The van der Waals surface area contributed by atoms with Gasteiger partial charge < -0.3 is 0 Å². The molecule has 0 saturated carbocycles. The summed E-state index contributed by atoms with van der Waals surface area (Å²) < 4.78 is 62.3. The maximum atomic E-state index is 12.5. The summed E-state index contributed by atoms with van der Waals surface area (Å²) in [4.78, 5) is 22.0. The van der Waals surface area contributed by atoms with Crippen LogP contribution in [-0.2, 0) is 6.18 Å².